The maximum absolute atomic E-state index is 11.3. The number of benzene rings is 1. The topological polar surface area (TPSA) is 35.5 Å². The van der Waals surface area contributed by atoms with Crippen LogP contribution < -0.4 is 9.47 Å². The number of Topliss-reactive ketones (excluding diaryl/α,β-unsaturated/α-hetero) is 1. The predicted molar refractivity (Wildman–Crippen MR) is 68.1 cm³/mol. The maximum atomic E-state index is 11.3. The molecular formula is C13H17ClO3. The number of alkyl halides is 1. The zero-order valence-corrected chi connectivity index (χ0v) is 11.1. The van der Waals surface area contributed by atoms with Crippen molar-refractivity contribution in [3.63, 3.8) is 0 Å². The van der Waals surface area contributed by atoms with Gasteiger partial charge in [-0.3, -0.25) is 4.79 Å². The van der Waals surface area contributed by atoms with Crippen molar-refractivity contribution in [3.05, 3.63) is 23.8 Å². The minimum absolute atomic E-state index is 0.110. The molecule has 0 aliphatic heterocycles. The Morgan fingerprint density at radius 3 is 2.47 bits per heavy atom. The molecule has 1 unspecified atom stereocenters. The van der Waals surface area contributed by atoms with Crippen molar-refractivity contribution in [3.8, 4) is 11.5 Å². The lowest BCUT2D eigenvalue weighted by Gasteiger charge is -2.14. The lowest BCUT2D eigenvalue weighted by Crippen LogP contribution is -2.06. The van der Waals surface area contributed by atoms with Crippen LogP contribution in [0.1, 0.15) is 31.7 Å². The molecule has 0 radical (unpaired) electrons. The highest BCUT2D eigenvalue weighted by molar-refractivity contribution is 6.31. The summed E-state index contributed by atoms with van der Waals surface area (Å²) in [5.74, 6) is 1.21. The molecule has 0 aliphatic carbocycles. The molecule has 0 N–H and O–H groups in total. The van der Waals surface area contributed by atoms with Crippen LogP contribution in [0.3, 0.4) is 0 Å². The molecule has 0 spiro atoms. The second-order valence-corrected chi connectivity index (χ2v) is 3.98. The highest BCUT2D eigenvalue weighted by Crippen LogP contribution is 2.33. The van der Waals surface area contributed by atoms with Crippen molar-refractivity contribution in [2.75, 3.05) is 13.2 Å². The predicted octanol–water partition coefficient (Wildman–Crippen LogP) is 3.35. The summed E-state index contributed by atoms with van der Waals surface area (Å²) in [5, 5.41) is -0.697. The monoisotopic (exact) mass is 256 g/mol. The zero-order valence-electron chi connectivity index (χ0n) is 10.3. The summed E-state index contributed by atoms with van der Waals surface area (Å²) in [4.78, 5) is 11.3. The molecular weight excluding hydrogens is 240 g/mol. The second-order valence-electron chi connectivity index (χ2n) is 3.54. The Balaban J connectivity index is 3.10. The van der Waals surface area contributed by atoms with Gasteiger partial charge in [0, 0.05) is 5.56 Å². The first-order valence-electron chi connectivity index (χ1n) is 5.64. The van der Waals surface area contributed by atoms with Crippen molar-refractivity contribution in [2.45, 2.75) is 26.1 Å². The van der Waals surface area contributed by atoms with Crippen molar-refractivity contribution in [1.29, 1.82) is 0 Å². The van der Waals surface area contributed by atoms with Crippen molar-refractivity contribution >= 4 is 17.4 Å². The Morgan fingerprint density at radius 2 is 1.94 bits per heavy atom. The van der Waals surface area contributed by atoms with E-state index in [4.69, 9.17) is 21.1 Å². The third-order valence-electron chi connectivity index (χ3n) is 2.22. The molecule has 1 aromatic carbocycles. The number of ether oxygens (including phenoxy) is 2. The fraction of sp³-hybridized carbons (Fsp3) is 0.462. The van der Waals surface area contributed by atoms with E-state index in [1.807, 2.05) is 19.9 Å². The molecule has 0 aliphatic rings. The first-order valence-corrected chi connectivity index (χ1v) is 6.07. The van der Waals surface area contributed by atoms with Gasteiger partial charge in [-0.05, 0) is 39.0 Å². The second kappa shape index (κ2) is 6.50. The molecule has 0 aromatic heterocycles. The van der Waals surface area contributed by atoms with Gasteiger partial charge in [0.15, 0.2) is 5.78 Å². The van der Waals surface area contributed by atoms with Crippen molar-refractivity contribution in [1.82, 2.24) is 0 Å². The highest BCUT2D eigenvalue weighted by atomic mass is 35.5. The summed E-state index contributed by atoms with van der Waals surface area (Å²) in [6, 6.07) is 5.34. The van der Waals surface area contributed by atoms with Crippen LogP contribution >= 0.6 is 11.6 Å². The molecule has 0 amide bonds. The average Bonchev–Trinajstić information content (AvgIpc) is 2.30. The van der Waals surface area contributed by atoms with Gasteiger partial charge in [-0.25, -0.2) is 0 Å². The molecule has 0 saturated carbocycles. The van der Waals surface area contributed by atoms with E-state index in [-0.39, 0.29) is 5.78 Å². The molecule has 0 bridgehead atoms. The lowest BCUT2D eigenvalue weighted by atomic mass is 10.1. The van der Waals surface area contributed by atoms with Gasteiger partial charge in [-0.2, -0.15) is 0 Å². The minimum atomic E-state index is -0.697. The molecule has 94 valence electrons. The van der Waals surface area contributed by atoms with Crippen molar-refractivity contribution in [2.24, 2.45) is 0 Å². The number of hydrogen-bond acceptors (Lipinski definition) is 3. The van der Waals surface area contributed by atoms with E-state index in [0.29, 0.717) is 30.3 Å². The Hall–Kier alpha value is -1.22. The fourth-order valence-corrected chi connectivity index (χ4v) is 1.66. The molecule has 0 saturated heterocycles. The molecule has 0 heterocycles. The first-order chi connectivity index (χ1) is 8.10. The quantitative estimate of drug-likeness (QED) is 0.732. The molecule has 0 fully saturated rings. The maximum Gasteiger partial charge on any atom is 0.152 e. The lowest BCUT2D eigenvalue weighted by molar-refractivity contribution is -0.116. The molecule has 1 rings (SSSR count). The summed E-state index contributed by atoms with van der Waals surface area (Å²) in [5.41, 5.74) is 0.659. The van der Waals surface area contributed by atoms with Crippen LogP contribution in [-0.2, 0) is 4.79 Å². The molecule has 17 heavy (non-hydrogen) atoms. The van der Waals surface area contributed by atoms with Gasteiger partial charge in [0.05, 0.1) is 13.2 Å². The van der Waals surface area contributed by atoms with Gasteiger partial charge >= 0.3 is 0 Å². The zero-order chi connectivity index (χ0) is 12.8. The van der Waals surface area contributed by atoms with Crippen LogP contribution in [-0.4, -0.2) is 19.0 Å². The summed E-state index contributed by atoms with van der Waals surface area (Å²) >= 11 is 6.07. The van der Waals surface area contributed by atoms with E-state index >= 15 is 0 Å². The summed E-state index contributed by atoms with van der Waals surface area (Å²) in [6.07, 6.45) is 0. The van der Waals surface area contributed by atoms with Crippen molar-refractivity contribution < 1.29 is 14.3 Å². The van der Waals surface area contributed by atoms with Crippen LogP contribution in [0.2, 0.25) is 0 Å². The van der Waals surface area contributed by atoms with Gasteiger partial charge in [0.2, 0.25) is 0 Å². The van der Waals surface area contributed by atoms with E-state index in [1.165, 1.54) is 6.92 Å². The normalized spacial score (nSPS) is 12.0. The third-order valence-corrected chi connectivity index (χ3v) is 2.76. The van der Waals surface area contributed by atoms with E-state index in [1.54, 1.807) is 12.1 Å². The van der Waals surface area contributed by atoms with Gasteiger partial charge < -0.3 is 9.47 Å². The van der Waals surface area contributed by atoms with E-state index in [2.05, 4.69) is 0 Å². The number of rotatable bonds is 6. The molecule has 3 nitrogen and oxygen atoms in total. The Bertz CT molecular complexity index is 390. The number of ketones is 1. The number of carbonyl (C=O) groups excluding carboxylic acids is 1. The Kier molecular flexibility index (Phi) is 5.29. The van der Waals surface area contributed by atoms with Gasteiger partial charge in [0.25, 0.3) is 0 Å². The minimum Gasteiger partial charge on any atom is -0.494 e. The van der Waals surface area contributed by atoms with Gasteiger partial charge in [-0.1, -0.05) is 0 Å². The van der Waals surface area contributed by atoms with E-state index in [0.717, 1.165) is 0 Å². The molecule has 1 atom stereocenters. The Morgan fingerprint density at radius 1 is 1.29 bits per heavy atom. The van der Waals surface area contributed by atoms with Gasteiger partial charge in [-0.15, -0.1) is 11.6 Å². The summed E-state index contributed by atoms with van der Waals surface area (Å²) in [7, 11) is 0. The van der Waals surface area contributed by atoms with Crippen LogP contribution in [0.5, 0.6) is 11.5 Å². The molecule has 4 heteroatoms. The van der Waals surface area contributed by atoms with E-state index < -0.39 is 5.38 Å². The summed E-state index contributed by atoms with van der Waals surface area (Å²) in [6.45, 7) is 6.35. The molecule has 1 aromatic rings. The Labute approximate surface area is 107 Å². The average molecular weight is 257 g/mol. The van der Waals surface area contributed by atoms with Gasteiger partial charge in [0.1, 0.15) is 16.9 Å². The van der Waals surface area contributed by atoms with Crippen LogP contribution in [0, 0.1) is 0 Å². The van der Waals surface area contributed by atoms with Crippen LogP contribution in [0.4, 0.5) is 0 Å². The number of halogens is 1. The third kappa shape index (κ3) is 3.63. The summed E-state index contributed by atoms with van der Waals surface area (Å²) < 4.78 is 10.8. The largest absolute Gasteiger partial charge is 0.494 e. The number of carbonyl (C=O) groups is 1. The first kappa shape index (κ1) is 13.8. The van der Waals surface area contributed by atoms with E-state index in [9.17, 15) is 4.79 Å². The fourth-order valence-electron chi connectivity index (χ4n) is 1.49. The smallest absolute Gasteiger partial charge is 0.152 e. The van der Waals surface area contributed by atoms with Crippen LogP contribution in [0.25, 0.3) is 0 Å². The van der Waals surface area contributed by atoms with Crippen LogP contribution in [0.15, 0.2) is 18.2 Å². The SMILES string of the molecule is CCOc1ccc(OCC)c(C(Cl)C(C)=O)c1. The number of hydrogen-bond donors (Lipinski definition) is 0. The highest BCUT2D eigenvalue weighted by Gasteiger charge is 2.19. The standard InChI is InChI=1S/C13H17ClO3/c1-4-16-10-6-7-12(17-5-2)11(8-10)13(14)9(3)15/h6-8,13H,4-5H2,1-3H3.